The highest BCUT2D eigenvalue weighted by molar-refractivity contribution is 6.46. The number of aliphatic hydroxyl groups excluding tert-OH is 1. The van der Waals surface area contributed by atoms with Crippen LogP contribution in [-0.4, -0.2) is 62.8 Å². The number of hydrogen-bond donors (Lipinski definition) is 1. The van der Waals surface area contributed by atoms with E-state index in [4.69, 9.17) is 18.9 Å². The first kappa shape index (κ1) is 25.1. The summed E-state index contributed by atoms with van der Waals surface area (Å²) < 4.78 is 21.5. The van der Waals surface area contributed by atoms with Crippen LogP contribution in [-0.2, 0) is 14.3 Å². The van der Waals surface area contributed by atoms with E-state index in [1.807, 2.05) is 6.92 Å². The Morgan fingerprint density at radius 1 is 1.03 bits per heavy atom. The number of Topliss-reactive ketones (excluding diaryl/α,β-unsaturated/α-hetero) is 1. The summed E-state index contributed by atoms with van der Waals surface area (Å²) in [5.41, 5.74) is 1.83. The van der Waals surface area contributed by atoms with Gasteiger partial charge in [-0.05, 0) is 61.7 Å². The third kappa shape index (κ3) is 4.87. The molecule has 2 aromatic rings. The molecule has 1 N–H and O–H groups in total. The van der Waals surface area contributed by atoms with Gasteiger partial charge in [0.2, 0.25) is 0 Å². The average molecular weight is 470 g/mol. The molecular weight excluding hydrogens is 438 g/mol. The van der Waals surface area contributed by atoms with E-state index in [1.165, 1.54) is 12.0 Å². The summed E-state index contributed by atoms with van der Waals surface area (Å²) in [5, 5.41) is 11.3. The number of aryl methyl sites for hydroxylation is 1. The van der Waals surface area contributed by atoms with Gasteiger partial charge in [-0.3, -0.25) is 9.59 Å². The summed E-state index contributed by atoms with van der Waals surface area (Å²) in [5.74, 6) is 0.0238. The lowest BCUT2D eigenvalue weighted by Crippen LogP contribution is -2.31. The molecule has 0 aromatic heterocycles. The molecule has 1 amide bonds. The van der Waals surface area contributed by atoms with E-state index < -0.39 is 17.7 Å². The number of ether oxygens (including phenoxy) is 4. The van der Waals surface area contributed by atoms with Gasteiger partial charge in [0.15, 0.2) is 11.5 Å². The molecule has 8 nitrogen and oxygen atoms in total. The molecule has 2 aromatic carbocycles. The molecule has 1 unspecified atom stereocenters. The van der Waals surface area contributed by atoms with Gasteiger partial charge in [0, 0.05) is 25.8 Å². The molecule has 0 aliphatic carbocycles. The first-order valence-electron chi connectivity index (χ1n) is 11.1. The molecule has 1 fully saturated rings. The molecule has 3 rings (SSSR count). The van der Waals surface area contributed by atoms with Gasteiger partial charge in [0.05, 0.1) is 32.4 Å². The van der Waals surface area contributed by atoms with Crippen molar-refractivity contribution in [3.63, 3.8) is 0 Å². The number of carbonyl (C=O) groups excluding carboxylic acids is 2. The standard InChI is InChI=1S/C26H31NO7/c1-6-34-20-11-8-17(15-21(20)33-5)23-22(25(29)26(30)27(23)12-7-13-31-3)24(28)19-10-9-18(32-4)14-16(19)2/h8-11,14-15,23,28H,6-7,12-13H2,1-5H3. The maximum absolute atomic E-state index is 13.2. The molecule has 1 heterocycles. The van der Waals surface area contributed by atoms with Gasteiger partial charge in [0.1, 0.15) is 11.5 Å². The molecule has 182 valence electrons. The average Bonchev–Trinajstić information content (AvgIpc) is 3.09. The van der Waals surface area contributed by atoms with Crippen molar-refractivity contribution in [3.8, 4) is 17.2 Å². The van der Waals surface area contributed by atoms with Crippen LogP contribution in [0.15, 0.2) is 42.0 Å². The number of methoxy groups -OCH3 is 3. The first-order chi connectivity index (χ1) is 16.4. The molecule has 1 aliphatic rings. The Morgan fingerprint density at radius 3 is 2.41 bits per heavy atom. The maximum Gasteiger partial charge on any atom is 0.295 e. The predicted octanol–water partition coefficient (Wildman–Crippen LogP) is 3.87. The van der Waals surface area contributed by atoms with Crippen molar-refractivity contribution in [3.05, 3.63) is 58.7 Å². The summed E-state index contributed by atoms with van der Waals surface area (Å²) >= 11 is 0. The van der Waals surface area contributed by atoms with Crippen LogP contribution in [0.5, 0.6) is 17.2 Å². The van der Waals surface area contributed by atoms with E-state index in [0.717, 1.165) is 0 Å². The highest BCUT2D eigenvalue weighted by Gasteiger charge is 2.46. The minimum Gasteiger partial charge on any atom is -0.507 e. The molecule has 0 spiro atoms. The fourth-order valence-corrected chi connectivity index (χ4v) is 4.14. The van der Waals surface area contributed by atoms with Crippen molar-refractivity contribution < 1.29 is 33.6 Å². The lowest BCUT2D eigenvalue weighted by Gasteiger charge is -2.26. The maximum atomic E-state index is 13.2. The van der Waals surface area contributed by atoms with Crippen molar-refractivity contribution in [1.82, 2.24) is 4.90 Å². The normalized spacial score (nSPS) is 17.2. The van der Waals surface area contributed by atoms with E-state index >= 15 is 0 Å². The van der Waals surface area contributed by atoms with Gasteiger partial charge < -0.3 is 29.0 Å². The minimum atomic E-state index is -0.789. The van der Waals surface area contributed by atoms with Crippen LogP contribution in [0, 0.1) is 6.92 Å². The molecule has 0 bridgehead atoms. The van der Waals surface area contributed by atoms with E-state index in [1.54, 1.807) is 57.5 Å². The van der Waals surface area contributed by atoms with Crippen LogP contribution < -0.4 is 14.2 Å². The van der Waals surface area contributed by atoms with Crippen LogP contribution in [0.3, 0.4) is 0 Å². The molecule has 1 saturated heterocycles. The number of benzene rings is 2. The van der Waals surface area contributed by atoms with Crippen LogP contribution in [0.1, 0.15) is 36.1 Å². The van der Waals surface area contributed by atoms with Gasteiger partial charge in [-0.1, -0.05) is 6.07 Å². The fraction of sp³-hybridized carbons (Fsp3) is 0.385. The zero-order chi connectivity index (χ0) is 24.8. The second kappa shape index (κ2) is 11.1. The highest BCUT2D eigenvalue weighted by Crippen LogP contribution is 2.42. The monoisotopic (exact) mass is 469 g/mol. The van der Waals surface area contributed by atoms with Crippen molar-refractivity contribution in [2.75, 3.05) is 41.1 Å². The summed E-state index contributed by atoms with van der Waals surface area (Å²) in [6.07, 6.45) is 0.537. The smallest absolute Gasteiger partial charge is 0.295 e. The van der Waals surface area contributed by atoms with Gasteiger partial charge in [-0.15, -0.1) is 0 Å². The Kier molecular flexibility index (Phi) is 8.17. The van der Waals surface area contributed by atoms with E-state index in [0.29, 0.717) is 53.6 Å². The topological polar surface area (TPSA) is 94.5 Å². The molecule has 1 aliphatic heterocycles. The van der Waals surface area contributed by atoms with Crippen LogP contribution in [0.25, 0.3) is 5.76 Å². The van der Waals surface area contributed by atoms with Crippen molar-refractivity contribution in [2.45, 2.75) is 26.3 Å². The number of hydrogen-bond acceptors (Lipinski definition) is 7. The Bertz CT molecular complexity index is 1090. The molecule has 34 heavy (non-hydrogen) atoms. The Labute approximate surface area is 199 Å². The van der Waals surface area contributed by atoms with Crippen LogP contribution >= 0.6 is 0 Å². The van der Waals surface area contributed by atoms with Gasteiger partial charge in [-0.25, -0.2) is 0 Å². The molecule has 1 atom stereocenters. The van der Waals surface area contributed by atoms with E-state index in [-0.39, 0.29) is 17.9 Å². The lowest BCUT2D eigenvalue weighted by atomic mass is 9.93. The Morgan fingerprint density at radius 2 is 1.79 bits per heavy atom. The molecule has 8 heteroatoms. The third-order valence-electron chi connectivity index (χ3n) is 5.78. The fourth-order valence-electron chi connectivity index (χ4n) is 4.14. The summed E-state index contributed by atoms with van der Waals surface area (Å²) in [6, 6.07) is 9.61. The summed E-state index contributed by atoms with van der Waals surface area (Å²) in [6.45, 7) is 4.86. The molecule has 0 saturated carbocycles. The summed E-state index contributed by atoms with van der Waals surface area (Å²) in [4.78, 5) is 27.7. The molecular formula is C26H31NO7. The summed E-state index contributed by atoms with van der Waals surface area (Å²) in [7, 11) is 4.66. The SMILES string of the molecule is CCOc1ccc(C2C(=C(O)c3ccc(OC)cc3C)C(=O)C(=O)N2CCCOC)cc1OC. The zero-order valence-corrected chi connectivity index (χ0v) is 20.2. The number of nitrogens with zero attached hydrogens (tertiary/aromatic N) is 1. The van der Waals surface area contributed by atoms with Crippen LogP contribution in [0.4, 0.5) is 0 Å². The van der Waals surface area contributed by atoms with Gasteiger partial charge in [0.25, 0.3) is 11.7 Å². The van der Waals surface area contributed by atoms with Gasteiger partial charge >= 0.3 is 0 Å². The number of likely N-dealkylation sites (tertiary alicyclic amines) is 1. The largest absolute Gasteiger partial charge is 0.507 e. The van der Waals surface area contributed by atoms with Crippen LogP contribution in [0.2, 0.25) is 0 Å². The lowest BCUT2D eigenvalue weighted by molar-refractivity contribution is -0.140. The second-order valence-electron chi connectivity index (χ2n) is 7.86. The van der Waals surface area contributed by atoms with Crippen molar-refractivity contribution in [2.24, 2.45) is 0 Å². The predicted molar refractivity (Wildman–Crippen MR) is 127 cm³/mol. The second-order valence-corrected chi connectivity index (χ2v) is 7.86. The third-order valence-corrected chi connectivity index (χ3v) is 5.78. The Hall–Kier alpha value is -3.52. The van der Waals surface area contributed by atoms with Crippen molar-refractivity contribution >= 4 is 17.4 Å². The Balaban J connectivity index is 2.18. The number of aliphatic hydroxyl groups is 1. The van der Waals surface area contributed by atoms with E-state index in [9.17, 15) is 14.7 Å². The van der Waals surface area contributed by atoms with Crippen molar-refractivity contribution in [1.29, 1.82) is 0 Å². The highest BCUT2D eigenvalue weighted by atomic mass is 16.5. The first-order valence-corrected chi connectivity index (χ1v) is 11.1. The zero-order valence-electron chi connectivity index (χ0n) is 20.2. The number of carbonyl (C=O) groups is 2. The molecule has 0 radical (unpaired) electrons. The quantitative estimate of drug-likeness (QED) is 0.244. The number of amides is 1. The van der Waals surface area contributed by atoms with Gasteiger partial charge in [-0.2, -0.15) is 0 Å². The minimum absolute atomic E-state index is 0.0295. The number of ketones is 1. The van der Waals surface area contributed by atoms with E-state index in [2.05, 4.69) is 0 Å². The number of rotatable bonds is 10.